The van der Waals surface area contributed by atoms with Crippen molar-refractivity contribution in [2.45, 2.75) is 242 Å². The molecule has 0 aliphatic carbocycles. The number of aliphatic hydroxyl groups excluding tert-OH is 2. The summed E-state index contributed by atoms with van der Waals surface area (Å²) < 4.78 is 5.88. The summed E-state index contributed by atoms with van der Waals surface area (Å²) in [5, 5.41) is 29.9. The molecule has 0 unspecified atom stereocenters. The number of primary amides is 1. The van der Waals surface area contributed by atoms with E-state index < -0.39 is 149 Å². The minimum absolute atomic E-state index is 0.00903. The molecule has 0 saturated carbocycles. The molecule has 7 N–H and O–H groups in total. The van der Waals surface area contributed by atoms with Crippen LogP contribution in [0.15, 0.2) is 0 Å². The molecular formula is C64H119N11O14. The van der Waals surface area contributed by atoms with Crippen LogP contribution in [-0.2, 0) is 57.5 Å². The molecule has 514 valence electrons. The van der Waals surface area contributed by atoms with Gasteiger partial charge in [0.15, 0.2) is 0 Å². The average Bonchev–Trinajstić information content (AvgIpc) is 1.00. The first kappa shape index (κ1) is 83.1. The molecule has 0 spiro atoms. The topological polar surface area (TPSA) is 322 Å². The molecule has 11 atom stereocenters. The number of nitrogens with zero attached hydrogens (tertiary/aromatic N) is 7. The van der Waals surface area contributed by atoms with Gasteiger partial charge in [-0.1, -0.05) is 110 Å². The van der Waals surface area contributed by atoms with Crippen molar-refractivity contribution in [3.05, 3.63) is 0 Å². The molecule has 0 aromatic rings. The Morgan fingerprint density at radius 2 is 0.989 bits per heavy atom. The molecular weight excluding hydrogens is 1150 g/mol. The standard InChI is InChI=1S/C64H119N11O14/c1-25-28-29-42(14)54(79)53(75(24)63(88)52(41(12)13)74(23)61(86)47(34-39(8)9)73(22)60(85)46(33-38(6)7)70(19)49(77)27-3)58(83)67-44(26-2)59(84)69(18)36-50(78)71(20)48(35-64(16,17)89-31-30-76)57(82)68-51(40(10)11)62(87)72(21)45(32-37(4)5)56(81)66-43(15)55(65)80/h37-48,51-54,76,79H,25-36H2,1-24H3,(H2,65,80)(H,66,81)(H,67,83)(H,68,82)/t42-,43-,44+,45+,46+,47+,48+,51+,52+,53+,54-/m1/s1. The predicted molar refractivity (Wildman–Crippen MR) is 343 cm³/mol. The predicted octanol–water partition coefficient (Wildman–Crippen LogP) is 3.00. The molecule has 0 aliphatic rings. The molecule has 0 aliphatic heterocycles. The number of hydrogen-bond donors (Lipinski definition) is 6. The molecule has 0 aromatic heterocycles. The van der Waals surface area contributed by atoms with Crippen LogP contribution in [-0.4, -0.2) is 245 Å². The van der Waals surface area contributed by atoms with E-state index in [1.165, 1.54) is 68.8 Å². The lowest BCUT2D eigenvalue weighted by atomic mass is 9.90. The fourth-order valence-electron chi connectivity index (χ4n) is 10.8. The second kappa shape index (κ2) is 38.7. The highest BCUT2D eigenvalue weighted by Gasteiger charge is 2.45. The molecule has 0 rings (SSSR count). The molecule has 0 radical (unpaired) electrons. The van der Waals surface area contributed by atoms with E-state index in [0.29, 0.717) is 19.3 Å². The lowest BCUT2D eigenvalue weighted by Gasteiger charge is -2.41. The van der Waals surface area contributed by atoms with Crippen molar-refractivity contribution in [3.8, 4) is 0 Å². The van der Waals surface area contributed by atoms with Crippen molar-refractivity contribution in [1.82, 2.24) is 50.2 Å². The van der Waals surface area contributed by atoms with Gasteiger partial charge in [-0.15, -0.1) is 0 Å². The van der Waals surface area contributed by atoms with Gasteiger partial charge in [-0.05, 0) is 88.4 Å². The number of rotatable bonds is 40. The summed E-state index contributed by atoms with van der Waals surface area (Å²) in [4.78, 5) is 164. The Morgan fingerprint density at radius 3 is 1.44 bits per heavy atom. The molecule has 25 nitrogen and oxygen atoms in total. The third-order valence-electron chi connectivity index (χ3n) is 16.6. The largest absolute Gasteiger partial charge is 0.394 e. The molecule has 25 heteroatoms. The third-order valence-corrected chi connectivity index (χ3v) is 16.6. The van der Waals surface area contributed by atoms with E-state index in [4.69, 9.17) is 10.5 Å². The van der Waals surface area contributed by atoms with Gasteiger partial charge in [-0.25, -0.2) is 0 Å². The quantitative estimate of drug-likeness (QED) is 0.0514. The second-order valence-electron chi connectivity index (χ2n) is 26.9. The minimum atomic E-state index is -1.60. The summed E-state index contributed by atoms with van der Waals surface area (Å²) in [5.41, 5.74) is 4.27. The summed E-state index contributed by atoms with van der Waals surface area (Å²) in [7, 11) is 10.0. The van der Waals surface area contributed by atoms with Crippen molar-refractivity contribution < 1.29 is 67.7 Å². The van der Waals surface area contributed by atoms with Gasteiger partial charge in [0.25, 0.3) is 0 Å². The Hall–Kier alpha value is -5.95. The van der Waals surface area contributed by atoms with Crippen LogP contribution < -0.4 is 21.7 Å². The molecule has 89 heavy (non-hydrogen) atoms. The number of unbranched alkanes of at least 4 members (excludes halogenated alkanes) is 1. The van der Waals surface area contributed by atoms with Crippen molar-refractivity contribution in [2.24, 2.45) is 41.2 Å². The number of nitrogens with one attached hydrogen (secondary N) is 3. The third kappa shape index (κ3) is 25.3. The van der Waals surface area contributed by atoms with E-state index >= 15 is 4.79 Å². The highest BCUT2D eigenvalue weighted by atomic mass is 16.5. The van der Waals surface area contributed by atoms with Gasteiger partial charge >= 0.3 is 0 Å². The van der Waals surface area contributed by atoms with Gasteiger partial charge in [0, 0.05) is 62.2 Å². The van der Waals surface area contributed by atoms with Crippen LogP contribution in [0.5, 0.6) is 0 Å². The number of aliphatic hydroxyl groups is 2. The molecule has 0 fully saturated rings. The van der Waals surface area contributed by atoms with E-state index in [2.05, 4.69) is 16.0 Å². The van der Waals surface area contributed by atoms with Crippen molar-refractivity contribution in [1.29, 1.82) is 0 Å². The number of carbonyl (C=O) groups is 11. The van der Waals surface area contributed by atoms with Gasteiger partial charge in [0.2, 0.25) is 65.0 Å². The summed E-state index contributed by atoms with van der Waals surface area (Å²) in [5.74, 6) is -8.82. The monoisotopic (exact) mass is 1270 g/mol. The second-order valence-corrected chi connectivity index (χ2v) is 26.9. The van der Waals surface area contributed by atoms with Gasteiger partial charge in [-0.2, -0.15) is 0 Å². The summed E-state index contributed by atoms with van der Waals surface area (Å²) >= 11 is 0. The Labute approximate surface area is 533 Å². The van der Waals surface area contributed by atoms with Gasteiger partial charge in [0.05, 0.1) is 31.5 Å². The van der Waals surface area contributed by atoms with Crippen molar-refractivity contribution in [3.63, 3.8) is 0 Å². The number of carbonyl (C=O) groups excluding carboxylic acids is 11. The molecule has 0 aromatic carbocycles. The van der Waals surface area contributed by atoms with E-state index in [1.807, 2.05) is 48.5 Å². The zero-order valence-corrected chi connectivity index (χ0v) is 58.7. The van der Waals surface area contributed by atoms with E-state index in [0.717, 1.165) is 21.1 Å². The van der Waals surface area contributed by atoms with Crippen LogP contribution >= 0.6 is 0 Å². The molecule has 0 bridgehead atoms. The summed E-state index contributed by atoms with van der Waals surface area (Å²) in [6.45, 7) is 29.0. The van der Waals surface area contributed by atoms with Crippen molar-refractivity contribution in [2.75, 3.05) is 69.1 Å². The van der Waals surface area contributed by atoms with E-state index in [9.17, 15) is 58.2 Å². The minimum Gasteiger partial charge on any atom is -0.394 e. The van der Waals surface area contributed by atoms with Crippen LogP contribution in [0.3, 0.4) is 0 Å². The first-order valence-electron chi connectivity index (χ1n) is 32.0. The van der Waals surface area contributed by atoms with Gasteiger partial charge in [-0.3, -0.25) is 52.7 Å². The lowest BCUT2D eigenvalue weighted by molar-refractivity contribution is -0.157. The first-order valence-corrected chi connectivity index (χ1v) is 32.0. The van der Waals surface area contributed by atoms with Gasteiger partial charge in [0.1, 0.15) is 54.4 Å². The fourth-order valence-corrected chi connectivity index (χ4v) is 10.8. The molecule has 11 amide bonds. The average molecular weight is 1270 g/mol. The number of amides is 11. The highest BCUT2D eigenvalue weighted by Crippen LogP contribution is 2.27. The van der Waals surface area contributed by atoms with E-state index in [-0.39, 0.29) is 69.0 Å². The van der Waals surface area contributed by atoms with Crippen LogP contribution in [0, 0.1) is 35.5 Å². The number of hydrogen-bond acceptors (Lipinski definition) is 14. The van der Waals surface area contributed by atoms with Crippen LogP contribution in [0.4, 0.5) is 0 Å². The highest BCUT2D eigenvalue weighted by molar-refractivity contribution is 5.98. The van der Waals surface area contributed by atoms with E-state index in [1.54, 1.807) is 69.4 Å². The number of ether oxygens (including phenoxy) is 1. The van der Waals surface area contributed by atoms with Crippen LogP contribution in [0.2, 0.25) is 0 Å². The fraction of sp³-hybridized carbons (Fsp3) is 0.828. The lowest BCUT2D eigenvalue weighted by Crippen LogP contribution is -2.63. The number of likely N-dealkylation sites (N-methyl/N-ethyl adjacent to an activating group) is 7. The smallest absolute Gasteiger partial charge is 0.246 e. The first-order chi connectivity index (χ1) is 41.0. The Morgan fingerprint density at radius 1 is 0.528 bits per heavy atom. The maximum Gasteiger partial charge on any atom is 0.246 e. The van der Waals surface area contributed by atoms with Gasteiger partial charge < -0.3 is 70.9 Å². The Bertz CT molecular complexity index is 2330. The Balaban J connectivity index is 7.33. The summed E-state index contributed by atoms with van der Waals surface area (Å²) in [6.07, 6.45) is 1.24. The van der Waals surface area contributed by atoms with Crippen LogP contribution in [0.25, 0.3) is 0 Å². The zero-order chi connectivity index (χ0) is 69.4. The molecule has 0 saturated heterocycles. The van der Waals surface area contributed by atoms with Crippen molar-refractivity contribution >= 4 is 65.0 Å². The zero-order valence-electron chi connectivity index (χ0n) is 58.7. The SMILES string of the molecule is CCCC[C@@H](C)[C@@H](O)[C@@H](C(=O)N[C@@H](CC)C(=O)N(C)CC(=O)N(C)[C@@H](CC(C)(C)OCCO)C(=O)N[C@H](C(=O)N(C)[C@@H](CC(C)C)C(=O)N[C@H](C)C(N)=O)C(C)C)N(C)C(=O)[C@H](C(C)C)N(C)C(=O)[C@H](CC(C)C)N(C)C(=O)[C@H](CC(C)C)N(C)C(=O)CC. The Kier molecular flexibility index (Phi) is 36.1. The molecule has 0 heterocycles. The normalized spacial score (nSPS) is 15.5. The van der Waals surface area contributed by atoms with Crippen LogP contribution in [0.1, 0.15) is 175 Å². The summed E-state index contributed by atoms with van der Waals surface area (Å²) in [6, 6.07) is -10.7. The maximum atomic E-state index is 15.1. The maximum absolute atomic E-state index is 15.1. The number of nitrogens with two attached hydrogens (primary N) is 1.